The fraction of sp³-hybridized carbons (Fsp3) is 0.364. The van der Waals surface area contributed by atoms with Crippen LogP contribution < -0.4 is 4.72 Å². The zero-order chi connectivity index (χ0) is 21.6. The topological polar surface area (TPSA) is 92.8 Å². The van der Waals surface area contributed by atoms with Crippen LogP contribution in [0.15, 0.2) is 59.5 Å². The van der Waals surface area contributed by atoms with Crippen molar-refractivity contribution in [3.8, 4) is 0 Å². The van der Waals surface area contributed by atoms with Gasteiger partial charge in [-0.1, -0.05) is 36.4 Å². The van der Waals surface area contributed by atoms with E-state index in [2.05, 4.69) is 4.72 Å². The summed E-state index contributed by atoms with van der Waals surface area (Å²) in [5.41, 5.74) is 1.16. The van der Waals surface area contributed by atoms with E-state index in [0.717, 1.165) is 5.56 Å². The van der Waals surface area contributed by atoms with Crippen LogP contribution >= 0.6 is 0 Å². The maximum absolute atomic E-state index is 12.9. The number of benzene rings is 2. The van der Waals surface area contributed by atoms with E-state index >= 15 is 0 Å². The second-order valence-corrected chi connectivity index (χ2v) is 8.92. The van der Waals surface area contributed by atoms with E-state index in [9.17, 15) is 18.0 Å². The number of nitrogens with one attached hydrogen (secondary N) is 1. The molecule has 0 aliphatic carbocycles. The maximum Gasteiger partial charge on any atom is 0.309 e. The minimum Gasteiger partial charge on any atom is -0.466 e. The molecule has 1 N–H and O–H groups in total. The normalized spacial score (nSPS) is 15.0. The Morgan fingerprint density at radius 1 is 1.07 bits per heavy atom. The van der Waals surface area contributed by atoms with Crippen LogP contribution in [0.5, 0.6) is 0 Å². The number of piperidine rings is 1. The summed E-state index contributed by atoms with van der Waals surface area (Å²) in [4.78, 5) is 26.4. The summed E-state index contributed by atoms with van der Waals surface area (Å²) >= 11 is 0. The molecule has 0 atom stereocenters. The molecule has 2 aromatic rings. The van der Waals surface area contributed by atoms with Crippen molar-refractivity contribution in [2.24, 2.45) is 5.92 Å². The molecule has 0 radical (unpaired) electrons. The van der Waals surface area contributed by atoms with E-state index in [0.29, 0.717) is 38.1 Å². The quantitative estimate of drug-likeness (QED) is 0.682. The first-order chi connectivity index (χ1) is 14.4. The molecule has 1 aliphatic rings. The van der Waals surface area contributed by atoms with Crippen molar-refractivity contribution in [2.45, 2.75) is 31.2 Å². The van der Waals surface area contributed by atoms with Gasteiger partial charge in [0.15, 0.2) is 0 Å². The van der Waals surface area contributed by atoms with Gasteiger partial charge in [-0.05, 0) is 43.5 Å². The first-order valence-electron chi connectivity index (χ1n) is 10.0. The van der Waals surface area contributed by atoms with Crippen LogP contribution in [0.1, 0.15) is 35.7 Å². The third-order valence-electron chi connectivity index (χ3n) is 5.10. The number of rotatable bonds is 7. The van der Waals surface area contributed by atoms with Crippen LogP contribution in [-0.2, 0) is 26.1 Å². The molecule has 0 unspecified atom stereocenters. The van der Waals surface area contributed by atoms with Crippen molar-refractivity contribution in [2.75, 3.05) is 19.7 Å². The Bertz CT molecular complexity index is 984. The van der Waals surface area contributed by atoms with E-state index in [-0.39, 0.29) is 29.2 Å². The molecule has 0 spiro atoms. The van der Waals surface area contributed by atoms with Crippen LogP contribution in [0.4, 0.5) is 0 Å². The Kier molecular flexibility index (Phi) is 7.23. The highest BCUT2D eigenvalue weighted by Gasteiger charge is 2.29. The number of esters is 1. The van der Waals surface area contributed by atoms with E-state index in [4.69, 9.17) is 4.74 Å². The Morgan fingerprint density at radius 3 is 2.43 bits per heavy atom. The van der Waals surface area contributed by atoms with Crippen LogP contribution in [-0.4, -0.2) is 44.9 Å². The minimum absolute atomic E-state index is 0.0469. The average molecular weight is 431 g/mol. The molecule has 0 aromatic heterocycles. The number of amides is 1. The molecule has 8 heteroatoms. The van der Waals surface area contributed by atoms with E-state index in [1.54, 1.807) is 24.0 Å². The Hall–Kier alpha value is -2.71. The third-order valence-corrected chi connectivity index (χ3v) is 6.50. The second-order valence-electron chi connectivity index (χ2n) is 7.16. The molecule has 2 aromatic carbocycles. The number of carbonyl (C=O) groups excluding carboxylic acids is 2. The van der Waals surface area contributed by atoms with Crippen molar-refractivity contribution in [3.05, 3.63) is 65.7 Å². The molecule has 1 saturated heterocycles. The van der Waals surface area contributed by atoms with Gasteiger partial charge in [-0.3, -0.25) is 9.59 Å². The molecule has 3 rings (SSSR count). The average Bonchev–Trinajstić information content (AvgIpc) is 2.78. The summed E-state index contributed by atoms with van der Waals surface area (Å²) in [6, 6.07) is 15.3. The van der Waals surface area contributed by atoms with Gasteiger partial charge in [0.05, 0.1) is 17.4 Å². The summed E-state index contributed by atoms with van der Waals surface area (Å²) in [5.74, 6) is -0.650. The number of sulfonamides is 1. The fourth-order valence-corrected chi connectivity index (χ4v) is 4.48. The standard InChI is InChI=1S/C22H26N2O5S/c1-2-29-22(26)18-11-13-24(14-12-18)21(25)19-9-6-10-20(15-19)30(27,28)23-16-17-7-4-3-5-8-17/h3-10,15,18,23H,2,11-14,16H2,1H3. The van der Waals surface area contributed by atoms with Crippen LogP contribution in [0, 0.1) is 5.92 Å². The van der Waals surface area contributed by atoms with Crippen molar-refractivity contribution in [1.29, 1.82) is 0 Å². The molecule has 1 heterocycles. The summed E-state index contributed by atoms with van der Waals surface area (Å²) in [6.45, 7) is 3.16. The van der Waals surface area contributed by atoms with E-state index < -0.39 is 10.0 Å². The van der Waals surface area contributed by atoms with Crippen molar-refractivity contribution in [3.63, 3.8) is 0 Å². The summed E-state index contributed by atoms with van der Waals surface area (Å²) < 4.78 is 32.9. The van der Waals surface area contributed by atoms with Gasteiger partial charge < -0.3 is 9.64 Å². The largest absolute Gasteiger partial charge is 0.466 e. The first kappa shape index (κ1) is 22.0. The van der Waals surface area contributed by atoms with Gasteiger partial charge in [0.1, 0.15) is 0 Å². The van der Waals surface area contributed by atoms with Crippen LogP contribution in [0.25, 0.3) is 0 Å². The van der Waals surface area contributed by atoms with E-state index in [1.165, 1.54) is 12.1 Å². The molecular weight excluding hydrogens is 404 g/mol. The van der Waals surface area contributed by atoms with Gasteiger partial charge in [0, 0.05) is 25.2 Å². The summed E-state index contributed by atoms with van der Waals surface area (Å²) in [6.07, 6.45) is 1.09. The monoisotopic (exact) mass is 430 g/mol. The molecule has 160 valence electrons. The second kappa shape index (κ2) is 9.86. The molecule has 0 saturated carbocycles. The minimum atomic E-state index is -3.75. The lowest BCUT2D eigenvalue weighted by Gasteiger charge is -2.31. The summed E-state index contributed by atoms with van der Waals surface area (Å²) in [5, 5.41) is 0. The van der Waals surface area contributed by atoms with Gasteiger partial charge in [0.2, 0.25) is 10.0 Å². The van der Waals surface area contributed by atoms with Crippen molar-refractivity contribution >= 4 is 21.9 Å². The number of carbonyl (C=O) groups is 2. The molecule has 1 aliphatic heterocycles. The molecule has 1 fully saturated rings. The number of hydrogen-bond acceptors (Lipinski definition) is 5. The van der Waals surface area contributed by atoms with Crippen LogP contribution in [0.3, 0.4) is 0 Å². The first-order valence-corrected chi connectivity index (χ1v) is 11.5. The predicted molar refractivity (Wildman–Crippen MR) is 112 cm³/mol. The Morgan fingerprint density at radius 2 is 1.77 bits per heavy atom. The Balaban J connectivity index is 1.64. The van der Waals surface area contributed by atoms with Gasteiger partial charge in [-0.2, -0.15) is 0 Å². The zero-order valence-corrected chi connectivity index (χ0v) is 17.7. The lowest BCUT2D eigenvalue weighted by atomic mass is 9.96. The number of hydrogen-bond donors (Lipinski definition) is 1. The smallest absolute Gasteiger partial charge is 0.309 e. The number of nitrogens with zero attached hydrogens (tertiary/aromatic N) is 1. The van der Waals surface area contributed by atoms with Gasteiger partial charge in [-0.25, -0.2) is 13.1 Å². The Labute approximate surface area is 177 Å². The van der Waals surface area contributed by atoms with Crippen molar-refractivity contribution in [1.82, 2.24) is 9.62 Å². The highest BCUT2D eigenvalue weighted by atomic mass is 32.2. The molecule has 7 nitrogen and oxygen atoms in total. The number of ether oxygens (including phenoxy) is 1. The SMILES string of the molecule is CCOC(=O)C1CCN(C(=O)c2cccc(S(=O)(=O)NCc3ccccc3)c2)CC1. The maximum atomic E-state index is 12.9. The number of likely N-dealkylation sites (tertiary alicyclic amines) is 1. The third kappa shape index (κ3) is 5.46. The molecule has 30 heavy (non-hydrogen) atoms. The molecule has 0 bridgehead atoms. The van der Waals surface area contributed by atoms with Gasteiger partial charge >= 0.3 is 5.97 Å². The lowest BCUT2D eigenvalue weighted by molar-refractivity contribution is -0.149. The van der Waals surface area contributed by atoms with Gasteiger partial charge in [0.25, 0.3) is 5.91 Å². The zero-order valence-electron chi connectivity index (χ0n) is 16.9. The van der Waals surface area contributed by atoms with Crippen LogP contribution in [0.2, 0.25) is 0 Å². The highest BCUT2D eigenvalue weighted by molar-refractivity contribution is 7.89. The molecule has 1 amide bonds. The van der Waals surface area contributed by atoms with E-state index in [1.807, 2.05) is 30.3 Å². The summed E-state index contributed by atoms with van der Waals surface area (Å²) in [7, 11) is -3.75. The lowest BCUT2D eigenvalue weighted by Crippen LogP contribution is -2.40. The fourth-order valence-electron chi connectivity index (χ4n) is 3.41. The predicted octanol–water partition coefficient (Wildman–Crippen LogP) is 2.58. The van der Waals surface area contributed by atoms with Gasteiger partial charge in [-0.15, -0.1) is 0 Å². The van der Waals surface area contributed by atoms with Crippen molar-refractivity contribution < 1.29 is 22.7 Å². The molecular formula is C22H26N2O5S. The highest BCUT2D eigenvalue weighted by Crippen LogP contribution is 2.21.